The zero-order valence-corrected chi connectivity index (χ0v) is 18.5. The molecule has 1 amide bonds. The number of carbonyl (C=O) groups is 1. The molecule has 158 valence electrons. The minimum Gasteiger partial charge on any atom is -0.495 e. The highest BCUT2D eigenvalue weighted by Crippen LogP contribution is 2.36. The number of sulfonamides is 1. The van der Waals surface area contributed by atoms with Crippen molar-refractivity contribution in [1.29, 1.82) is 0 Å². The molecule has 1 heterocycles. The number of methoxy groups -OCH3 is 1. The molecule has 0 radical (unpaired) electrons. The Hall–Kier alpha value is -2.98. The van der Waals surface area contributed by atoms with E-state index >= 15 is 0 Å². The maximum absolute atomic E-state index is 13.1. The zero-order valence-electron chi connectivity index (χ0n) is 16.8. The van der Waals surface area contributed by atoms with Crippen molar-refractivity contribution in [1.82, 2.24) is 5.16 Å². The zero-order chi connectivity index (χ0) is 21.9. The van der Waals surface area contributed by atoms with Crippen molar-refractivity contribution < 1.29 is 22.5 Å². The molecule has 0 saturated heterocycles. The van der Waals surface area contributed by atoms with Crippen LogP contribution in [-0.4, -0.2) is 32.8 Å². The second-order valence-electron chi connectivity index (χ2n) is 6.36. The van der Waals surface area contributed by atoms with Crippen LogP contribution in [0.1, 0.15) is 12.6 Å². The largest absolute Gasteiger partial charge is 0.495 e. The number of nitrogens with zero attached hydrogens (tertiary/aromatic N) is 1. The summed E-state index contributed by atoms with van der Waals surface area (Å²) in [6, 6.07) is 11.8. The van der Waals surface area contributed by atoms with E-state index in [1.54, 1.807) is 37.3 Å². The lowest BCUT2D eigenvalue weighted by molar-refractivity contribution is -0.114. The fraction of sp³-hybridized carbons (Fsp3) is 0.200. The van der Waals surface area contributed by atoms with Gasteiger partial charge in [0.05, 0.1) is 18.4 Å². The first-order chi connectivity index (χ1) is 14.2. The summed E-state index contributed by atoms with van der Waals surface area (Å²) in [7, 11) is -2.57. The van der Waals surface area contributed by atoms with Gasteiger partial charge in [0.1, 0.15) is 10.6 Å². The maximum atomic E-state index is 13.1. The number of benzene rings is 2. The summed E-state index contributed by atoms with van der Waals surface area (Å²) in [6.07, 6.45) is 1.91. The Kier molecular flexibility index (Phi) is 6.37. The molecule has 2 aromatic carbocycles. The number of thioether (sulfide) groups is 1. The summed E-state index contributed by atoms with van der Waals surface area (Å²) >= 11 is 1.51. The topological polar surface area (TPSA) is 111 Å². The van der Waals surface area contributed by atoms with E-state index in [0.29, 0.717) is 22.5 Å². The highest BCUT2D eigenvalue weighted by atomic mass is 32.2. The normalized spacial score (nSPS) is 11.2. The Labute approximate surface area is 179 Å². The minimum atomic E-state index is -3.97. The van der Waals surface area contributed by atoms with Crippen molar-refractivity contribution in [2.24, 2.45) is 0 Å². The van der Waals surface area contributed by atoms with Gasteiger partial charge >= 0.3 is 0 Å². The number of aromatic nitrogens is 1. The van der Waals surface area contributed by atoms with Gasteiger partial charge in [0, 0.05) is 17.5 Å². The molecule has 10 heteroatoms. The van der Waals surface area contributed by atoms with Gasteiger partial charge in [-0.3, -0.25) is 14.8 Å². The summed E-state index contributed by atoms with van der Waals surface area (Å²) < 4.78 is 39.3. The summed E-state index contributed by atoms with van der Waals surface area (Å²) in [5, 5.41) is 6.44. The molecular weight excluding hydrogens is 426 g/mol. The number of anilines is 2. The van der Waals surface area contributed by atoms with Crippen molar-refractivity contribution in [2.45, 2.75) is 23.6 Å². The predicted molar refractivity (Wildman–Crippen MR) is 117 cm³/mol. The van der Waals surface area contributed by atoms with Gasteiger partial charge in [-0.05, 0) is 49.1 Å². The summed E-state index contributed by atoms with van der Waals surface area (Å²) in [6.45, 7) is 3.05. The number of hydrogen-bond acceptors (Lipinski definition) is 7. The number of hydrogen-bond donors (Lipinski definition) is 2. The predicted octanol–water partition coefficient (Wildman–Crippen LogP) is 4.14. The number of ether oxygens (including phenoxy) is 1. The summed E-state index contributed by atoms with van der Waals surface area (Å²) in [5.74, 6) is 0.000648. The van der Waals surface area contributed by atoms with Crippen LogP contribution in [0.15, 0.2) is 56.8 Å². The van der Waals surface area contributed by atoms with Gasteiger partial charge in [0.25, 0.3) is 10.0 Å². The fourth-order valence-electron chi connectivity index (χ4n) is 2.89. The summed E-state index contributed by atoms with van der Waals surface area (Å²) in [4.78, 5) is 12.3. The third-order valence-corrected chi connectivity index (χ3v) is 6.34. The SMILES string of the molecule is COc1ccc(-c2c(C)noc2NC(C)=O)cc1S(=O)(=O)Nc1cccc(SC)c1. The van der Waals surface area contributed by atoms with Crippen molar-refractivity contribution in [3.8, 4) is 16.9 Å². The first-order valence-electron chi connectivity index (χ1n) is 8.84. The van der Waals surface area contributed by atoms with E-state index in [4.69, 9.17) is 9.26 Å². The van der Waals surface area contributed by atoms with E-state index in [1.807, 2.05) is 12.3 Å². The third-order valence-electron chi connectivity index (χ3n) is 4.22. The van der Waals surface area contributed by atoms with Crippen LogP contribution in [0.2, 0.25) is 0 Å². The summed E-state index contributed by atoms with van der Waals surface area (Å²) in [5.41, 5.74) is 1.95. The lowest BCUT2D eigenvalue weighted by atomic mass is 10.1. The Morgan fingerprint density at radius 1 is 1.20 bits per heavy atom. The van der Waals surface area contributed by atoms with E-state index < -0.39 is 10.0 Å². The van der Waals surface area contributed by atoms with Crippen LogP contribution in [0.3, 0.4) is 0 Å². The third kappa shape index (κ3) is 4.60. The lowest BCUT2D eigenvalue weighted by Gasteiger charge is -2.14. The van der Waals surface area contributed by atoms with E-state index in [1.165, 1.54) is 31.9 Å². The average Bonchev–Trinajstić information content (AvgIpc) is 3.06. The molecule has 3 rings (SSSR count). The smallest absolute Gasteiger partial charge is 0.265 e. The molecule has 0 spiro atoms. The van der Waals surface area contributed by atoms with Crippen molar-refractivity contribution in [3.05, 3.63) is 48.2 Å². The number of amides is 1. The molecule has 8 nitrogen and oxygen atoms in total. The van der Waals surface area contributed by atoms with Gasteiger partial charge in [-0.15, -0.1) is 11.8 Å². The van der Waals surface area contributed by atoms with Gasteiger partial charge in [-0.25, -0.2) is 8.42 Å². The van der Waals surface area contributed by atoms with Crippen molar-refractivity contribution in [2.75, 3.05) is 23.4 Å². The second kappa shape index (κ2) is 8.80. The van der Waals surface area contributed by atoms with E-state index in [9.17, 15) is 13.2 Å². The Bertz CT molecular complexity index is 1190. The molecule has 0 unspecified atom stereocenters. The molecule has 0 atom stereocenters. The average molecular weight is 448 g/mol. The molecule has 30 heavy (non-hydrogen) atoms. The highest BCUT2D eigenvalue weighted by Gasteiger charge is 2.24. The lowest BCUT2D eigenvalue weighted by Crippen LogP contribution is -2.14. The molecule has 1 aromatic heterocycles. The number of nitrogens with one attached hydrogen (secondary N) is 2. The standard InChI is InChI=1S/C20H21N3O5S2/c1-12-19(20(28-22-12)21-13(2)24)14-8-9-17(27-3)18(10-14)30(25,26)23-15-6-5-7-16(11-15)29-4/h5-11,23H,1-4H3,(H,21,24). The Morgan fingerprint density at radius 3 is 2.63 bits per heavy atom. The molecule has 0 fully saturated rings. The van der Waals surface area contributed by atoms with Crippen LogP contribution in [0.4, 0.5) is 11.6 Å². The van der Waals surface area contributed by atoms with E-state index in [-0.39, 0.29) is 22.4 Å². The number of aryl methyl sites for hydroxylation is 1. The van der Waals surface area contributed by atoms with Crippen molar-refractivity contribution >= 4 is 39.3 Å². The van der Waals surface area contributed by atoms with Crippen LogP contribution in [0, 0.1) is 6.92 Å². The van der Waals surface area contributed by atoms with Gasteiger partial charge in [-0.1, -0.05) is 17.3 Å². The molecule has 2 N–H and O–H groups in total. The first kappa shape index (κ1) is 21.7. The van der Waals surface area contributed by atoms with Gasteiger partial charge in [-0.2, -0.15) is 0 Å². The van der Waals surface area contributed by atoms with E-state index in [0.717, 1.165) is 4.90 Å². The van der Waals surface area contributed by atoms with Gasteiger partial charge in [0.2, 0.25) is 11.8 Å². The fourth-order valence-corrected chi connectivity index (χ4v) is 4.60. The van der Waals surface area contributed by atoms with Gasteiger partial charge < -0.3 is 9.26 Å². The van der Waals surface area contributed by atoms with Crippen LogP contribution in [0.5, 0.6) is 5.75 Å². The molecule has 0 aliphatic carbocycles. The van der Waals surface area contributed by atoms with Crippen LogP contribution >= 0.6 is 11.8 Å². The first-order valence-corrected chi connectivity index (χ1v) is 11.5. The van der Waals surface area contributed by atoms with Gasteiger partial charge in [0.15, 0.2) is 0 Å². The molecule has 0 bridgehead atoms. The molecule has 3 aromatic rings. The van der Waals surface area contributed by atoms with Crippen LogP contribution in [-0.2, 0) is 14.8 Å². The Balaban J connectivity index is 2.07. The minimum absolute atomic E-state index is 0.0496. The number of rotatable bonds is 7. The van der Waals surface area contributed by atoms with Crippen LogP contribution in [0.25, 0.3) is 11.1 Å². The monoisotopic (exact) mass is 447 g/mol. The molecule has 0 saturated carbocycles. The quantitative estimate of drug-likeness (QED) is 0.524. The maximum Gasteiger partial charge on any atom is 0.265 e. The number of carbonyl (C=O) groups excluding carboxylic acids is 1. The molecule has 0 aliphatic rings. The highest BCUT2D eigenvalue weighted by molar-refractivity contribution is 7.98. The van der Waals surface area contributed by atoms with Crippen LogP contribution < -0.4 is 14.8 Å². The second-order valence-corrected chi connectivity index (χ2v) is 8.89. The van der Waals surface area contributed by atoms with E-state index in [2.05, 4.69) is 15.2 Å². The van der Waals surface area contributed by atoms with Crippen molar-refractivity contribution in [3.63, 3.8) is 0 Å². The molecule has 0 aliphatic heterocycles. The Morgan fingerprint density at radius 2 is 1.97 bits per heavy atom. The molecular formula is C20H21N3O5S2.